The molecular formula is C60H39NO. The monoisotopic (exact) mass is 797 g/mol. The number of hydrogen-bond donors (Lipinski definition) is 0. The van der Waals surface area contributed by atoms with Gasteiger partial charge in [0.2, 0.25) is 0 Å². The first-order valence-corrected chi connectivity index (χ1v) is 20.6. The molecule has 0 unspecified atom stereocenters. The van der Waals surface area contributed by atoms with E-state index in [1.54, 1.807) is 24.3 Å². The molecule has 0 saturated carbocycles. The van der Waals surface area contributed by atoms with Gasteiger partial charge in [-0.25, -0.2) is 0 Å². The Labute approximate surface area is 371 Å². The van der Waals surface area contributed by atoms with Crippen LogP contribution < -0.4 is 4.90 Å². The average Bonchev–Trinajstić information content (AvgIpc) is 3.80. The molecule has 12 rings (SSSR count). The van der Waals surface area contributed by atoms with Crippen LogP contribution in [0.4, 0.5) is 17.1 Å². The van der Waals surface area contributed by atoms with Crippen LogP contribution in [0.25, 0.3) is 98.8 Å². The Morgan fingerprint density at radius 3 is 1.55 bits per heavy atom. The predicted molar refractivity (Wildman–Crippen MR) is 263 cm³/mol. The number of furan rings is 1. The average molecular weight is 798 g/mol. The van der Waals surface area contributed by atoms with Gasteiger partial charge in [-0.1, -0.05) is 194 Å². The standard InChI is InChI=1S/C60H39NO/c1-2-11-40(12-3-1)41-21-23-42(24-22-41)43-27-33-49(34-28-43)61(50-35-29-44(30-36-50)47-32-37-52-48(39-47)26-25-45-13-4-6-15-51(45)52)58-20-9-8-17-54(58)55-18-10-19-56-57-38-31-46-14-5-7-16-53(46)59(57)62-60(55)56/h1-39H/i27D,28D,29D,30D,33D,34D,35D,36D. The van der Waals surface area contributed by atoms with Gasteiger partial charge in [-0.2, -0.15) is 0 Å². The summed E-state index contributed by atoms with van der Waals surface area (Å²) in [6.07, 6.45) is 0. The molecule has 0 bridgehead atoms. The molecule has 1 aromatic heterocycles. The second-order valence-electron chi connectivity index (χ2n) is 15.4. The van der Waals surface area contributed by atoms with Crippen LogP contribution in [0.5, 0.6) is 0 Å². The fourth-order valence-electron chi connectivity index (χ4n) is 8.74. The van der Waals surface area contributed by atoms with Gasteiger partial charge in [0, 0.05) is 38.7 Å². The Kier molecular flexibility index (Phi) is 6.76. The lowest BCUT2D eigenvalue weighted by Gasteiger charge is -2.28. The SMILES string of the molecule is [2H]c1c([2H])c(N(c2ccccc2-c2cccc3c2oc2c4ccccc4ccc32)c2c([2H])c([2H])c(-c3ccc4c(ccc5ccccc54)c3)c([2H])c2[2H])c([2H])c([2H])c1-c1ccc(-c2ccccc2)cc1. The van der Waals surface area contributed by atoms with Crippen LogP contribution in [-0.4, -0.2) is 0 Å². The van der Waals surface area contributed by atoms with E-state index in [1.165, 1.54) is 4.90 Å². The summed E-state index contributed by atoms with van der Waals surface area (Å²) in [5.74, 6) is 0. The molecule has 12 aromatic rings. The summed E-state index contributed by atoms with van der Waals surface area (Å²) in [6, 6.07) is 57.0. The van der Waals surface area contributed by atoms with Crippen molar-refractivity contribution in [2.24, 2.45) is 0 Å². The normalized spacial score (nSPS) is 13.4. The highest BCUT2D eigenvalue weighted by Crippen LogP contribution is 2.46. The maximum absolute atomic E-state index is 9.83. The van der Waals surface area contributed by atoms with E-state index in [0.717, 1.165) is 54.2 Å². The van der Waals surface area contributed by atoms with Crippen molar-refractivity contribution in [1.82, 2.24) is 0 Å². The van der Waals surface area contributed by atoms with Gasteiger partial charge in [0.1, 0.15) is 11.2 Å². The van der Waals surface area contributed by atoms with Crippen LogP contribution in [0.2, 0.25) is 0 Å². The van der Waals surface area contributed by atoms with Crippen LogP contribution in [0.1, 0.15) is 11.0 Å². The molecule has 0 N–H and O–H groups in total. The zero-order valence-corrected chi connectivity index (χ0v) is 33.3. The zero-order chi connectivity index (χ0) is 47.9. The molecule has 0 amide bonds. The van der Waals surface area contributed by atoms with Crippen LogP contribution in [0.15, 0.2) is 241 Å². The topological polar surface area (TPSA) is 16.4 Å². The summed E-state index contributed by atoms with van der Waals surface area (Å²) in [5.41, 5.74) is 5.35. The van der Waals surface area contributed by atoms with E-state index in [9.17, 15) is 11.0 Å². The number of rotatable bonds is 7. The lowest BCUT2D eigenvalue weighted by Crippen LogP contribution is -2.11. The van der Waals surface area contributed by atoms with Crippen molar-refractivity contribution >= 4 is 71.3 Å². The van der Waals surface area contributed by atoms with Gasteiger partial charge in [0.15, 0.2) is 0 Å². The van der Waals surface area contributed by atoms with Crippen molar-refractivity contribution in [2.75, 3.05) is 4.90 Å². The third kappa shape index (κ3) is 6.12. The summed E-state index contributed by atoms with van der Waals surface area (Å²) in [4.78, 5) is 1.38. The van der Waals surface area contributed by atoms with E-state index in [-0.39, 0.29) is 46.7 Å². The number of hydrogen-bond acceptors (Lipinski definition) is 2. The number of anilines is 3. The smallest absolute Gasteiger partial charge is 0.143 e. The van der Waals surface area contributed by atoms with E-state index < -0.39 is 24.2 Å². The van der Waals surface area contributed by atoms with E-state index >= 15 is 0 Å². The van der Waals surface area contributed by atoms with Gasteiger partial charge in [0.25, 0.3) is 0 Å². The second-order valence-corrected chi connectivity index (χ2v) is 15.4. The van der Waals surface area contributed by atoms with Crippen molar-refractivity contribution in [1.29, 1.82) is 0 Å². The summed E-state index contributed by atoms with van der Waals surface area (Å²) in [5, 5.41) is 7.71. The maximum atomic E-state index is 9.83. The summed E-state index contributed by atoms with van der Waals surface area (Å²) < 4.78 is 84.4. The fraction of sp³-hybridized carbons (Fsp3) is 0. The van der Waals surface area contributed by atoms with Gasteiger partial charge >= 0.3 is 0 Å². The molecule has 0 spiro atoms. The summed E-state index contributed by atoms with van der Waals surface area (Å²) in [7, 11) is 0. The number of benzene rings is 11. The van der Waals surface area contributed by atoms with Crippen LogP contribution in [-0.2, 0) is 0 Å². The molecule has 1 heterocycles. The van der Waals surface area contributed by atoms with Crippen LogP contribution in [0, 0.1) is 0 Å². The number of para-hydroxylation sites is 2. The second kappa shape index (κ2) is 14.8. The van der Waals surface area contributed by atoms with Crippen molar-refractivity contribution < 1.29 is 15.4 Å². The molecule has 62 heavy (non-hydrogen) atoms. The van der Waals surface area contributed by atoms with E-state index in [0.29, 0.717) is 39.1 Å². The first-order chi connectivity index (χ1) is 34.1. The number of fused-ring (bicyclic) bond motifs is 8. The number of nitrogens with zero attached hydrogens (tertiary/aromatic N) is 1. The quantitative estimate of drug-likeness (QED) is 0.149. The maximum Gasteiger partial charge on any atom is 0.143 e. The predicted octanol–water partition coefficient (Wildman–Crippen LogP) is 17.2. The summed E-state index contributed by atoms with van der Waals surface area (Å²) >= 11 is 0. The van der Waals surface area contributed by atoms with Gasteiger partial charge in [-0.15, -0.1) is 0 Å². The minimum Gasteiger partial charge on any atom is -0.455 e. The molecule has 2 nitrogen and oxygen atoms in total. The molecule has 0 saturated heterocycles. The van der Waals surface area contributed by atoms with E-state index in [2.05, 4.69) is 6.07 Å². The highest BCUT2D eigenvalue weighted by atomic mass is 16.3. The fourth-order valence-corrected chi connectivity index (χ4v) is 8.74. The summed E-state index contributed by atoms with van der Waals surface area (Å²) in [6.45, 7) is 0. The molecule has 0 atom stereocenters. The van der Waals surface area contributed by atoms with Gasteiger partial charge < -0.3 is 9.32 Å². The molecule has 0 aliphatic rings. The molecule has 0 fully saturated rings. The van der Waals surface area contributed by atoms with Gasteiger partial charge in [-0.05, 0) is 103 Å². The minimum absolute atomic E-state index is 0.0878. The van der Waals surface area contributed by atoms with Crippen molar-refractivity contribution in [3.05, 3.63) is 236 Å². The van der Waals surface area contributed by atoms with E-state index in [4.69, 9.17) is 4.42 Å². The Morgan fingerprint density at radius 1 is 0.306 bits per heavy atom. The zero-order valence-electron chi connectivity index (χ0n) is 41.3. The first kappa shape index (κ1) is 28.3. The Bertz CT molecular complexity index is 4050. The Hall–Kier alpha value is -8.20. The molecule has 2 heteroatoms. The lowest BCUT2D eigenvalue weighted by atomic mass is 9.97. The minimum atomic E-state index is -0.422. The molecule has 290 valence electrons. The van der Waals surface area contributed by atoms with Gasteiger partial charge in [0.05, 0.1) is 16.7 Å². The van der Waals surface area contributed by atoms with E-state index in [1.807, 2.05) is 158 Å². The van der Waals surface area contributed by atoms with Crippen molar-refractivity contribution in [2.45, 2.75) is 0 Å². The Morgan fingerprint density at radius 2 is 0.790 bits per heavy atom. The Balaban J connectivity index is 1.10. The third-order valence-corrected chi connectivity index (χ3v) is 11.8. The highest BCUT2D eigenvalue weighted by molar-refractivity contribution is 6.17. The van der Waals surface area contributed by atoms with Crippen LogP contribution >= 0.6 is 0 Å². The highest BCUT2D eigenvalue weighted by Gasteiger charge is 2.21. The molecule has 0 aliphatic carbocycles. The molecular weight excluding hydrogens is 751 g/mol. The van der Waals surface area contributed by atoms with Crippen LogP contribution in [0.3, 0.4) is 0 Å². The first-order valence-electron chi connectivity index (χ1n) is 24.6. The third-order valence-electron chi connectivity index (χ3n) is 11.8. The van der Waals surface area contributed by atoms with Crippen molar-refractivity contribution in [3.63, 3.8) is 0 Å². The molecule has 0 radical (unpaired) electrons. The van der Waals surface area contributed by atoms with Gasteiger partial charge in [-0.3, -0.25) is 0 Å². The lowest BCUT2D eigenvalue weighted by molar-refractivity contribution is 0.674. The van der Waals surface area contributed by atoms with Crippen molar-refractivity contribution in [3.8, 4) is 44.5 Å². The molecule has 11 aromatic carbocycles. The molecule has 0 aliphatic heterocycles. The largest absolute Gasteiger partial charge is 0.455 e.